The molecule has 0 radical (unpaired) electrons. The summed E-state index contributed by atoms with van der Waals surface area (Å²) < 4.78 is 15.7. The van der Waals surface area contributed by atoms with E-state index in [4.69, 9.17) is 14.2 Å². The van der Waals surface area contributed by atoms with Crippen molar-refractivity contribution in [3.63, 3.8) is 0 Å². The van der Waals surface area contributed by atoms with Gasteiger partial charge in [-0.05, 0) is 44.5 Å². The summed E-state index contributed by atoms with van der Waals surface area (Å²) in [5, 5.41) is 0. The Hall–Kier alpha value is -2.76. The molecule has 0 unspecified atom stereocenters. The van der Waals surface area contributed by atoms with Crippen LogP contribution >= 0.6 is 0 Å². The lowest BCUT2D eigenvalue weighted by atomic mass is 10.2. The molecule has 0 aliphatic rings. The molecule has 0 aromatic heterocycles. The third-order valence-corrected chi connectivity index (χ3v) is 3.43. The molecular weight excluding hydrogens is 334 g/mol. The molecule has 0 heterocycles. The molecular formula is C20H27NO5. The number of carbonyl (C=O) groups excluding carboxylic acids is 2. The summed E-state index contributed by atoms with van der Waals surface area (Å²) in [7, 11) is 1.55. The van der Waals surface area contributed by atoms with Gasteiger partial charge in [0, 0.05) is 19.2 Å². The largest absolute Gasteiger partial charge is 0.493 e. The number of nitrogens with zero attached hydrogens (tertiary/aromatic N) is 1. The zero-order chi connectivity index (χ0) is 19.5. The standard InChI is InChI=1S/C20H27NO5/c1-6-21(13-15(3)4)19(22)14-26-20(23)11-9-16-8-10-17(25-7-2)18(12-16)24-5/h8-12H,3,6-7,13-14H2,1-2,4-5H3/b11-9+. The fourth-order valence-electron chi connectivity index (χ4n) is 2.20. The molecule has 6 heteroatoms. The van der Waals surface area contributed by atoms with Crippen molar-refractivity contribution in [2.45, 2.75) is 20.8 Å². The Morgan fingerprint density at radius 2 is 1.96 bits per heavy atom. The van der Waals surface area contributed by atoms with Crippen LogP contribution < -0.4 is 9.47 Å². The average Bonchev–Trinajstić information content (AvgIpc) is 2.63. The minimum absolute atomic E-state index is 0.250. The first-order valence-corrected chi connectivity index (χ1v) is 8.49. The molecule has 0 spiro atoms. The number of amides is 1. The first-order chi connectivity index (χ1) is 12.4. The Labute approximate surface area is 155 Å². The van der Waals surface area contributed by atoms with E-state index < -0.39 is 5.97 Å². The molecule has 0 bridgehead atoms. The third-order valence-electron chi connectivity index (χ3n) is 3.43. The van der Waals surface area contributed by atoms with E-state index in [0.29, 0.717) is 31.2 Å². The second-order valence-corrected chi connectivity index (χ2v) is 5.65. The Kier molecular flexibility index (Phi) is 8.98. The Morgan fingerprint density at radius 3 is 2.54 bits per heavy atom. The Balaban J connectivity index is 2.62. The van der Waals surface area contributed by atoms with Crippen molar-refractivity contribution >= 4 is 18.0 Å². The van der Waals surface area contributed by atoms with Crippen LogP contribution in [0, 0.1) is 0 Å². The van der Waals surface area contributed by atoms with Gasteiger partial charge in [0.2, 0.25) is 0 Å². The molecule has 0 saturated heterocycles. The maximum Gasteiger partial charge on any atom is 0.331 e. The van der Waals surface area contributed by atoms with Crippen LogP contribution in [-0.4, -0.2) is 50.2 Å². The monoisotopic (exact) mass is 361 g/mol. The molecule has 1 aromatic carbocycles. The number of hydrogen-bond donors (Lipinski definition) is 0. The van der Waals surface area contributed by atoms with Crippen LogP contribution in [-0.2, 0) is 14.3 Å². The van der Waals surface area contributed by atoms with Crippen molar-refractivity contribution < 1.29 is 23.8 Å². The highest BCUT2D eigenvalue weighted by atomic mass is 16.5. The van der Waals surface area contributed by atoms with Gasteiger partial charge in [0.25, 0.3) is 5.91 Å². The maximum absolute atomic E-state index is 12.0. The number of ether oxygens (including phenoxy) is 3. The Morgan fingerprint density at radius 1 is 1.23 bits per heavy atom. The van der Waals surface area contributed by atoms with Gasteiger partial charge in [-0.25, -0.2) is 4.79 Å². The fraction of sp³-hybridized carbons (Fsp3) is 0.400. The van der Waals surface area contributed by atoms with E-state index in [1.54, 1.807) is 36.3 Å². The van der Waals surface area contributed by atoms with Crippen LogP contribution in [0.15, 0.2) is 36.4 Å². The summed E-state index contributed by atoms with van der Waals surface area (Å²) in [5.41, 5.74) is 1.63. The van der Waals surface area contributed by atoms with Crippen molar-refractivity contribution in [1.82, 2.24) is 4.90 Å². The smallest absolute Gasteiger partial charge is 0.331 e. The van der Waals surface area contributed by atoms with Gasteiger partial charge in [-0.2, -0.15) is 0 Å². The first kappa shape index (κ1) is 21.3. The van der Waals surface area contributed by atoms with Crippen LogP contribution in [0.2, 0.25) is 0 Å². The second kappa shape index (κ2) is 11.0. The molecule has 0 aliphatic heterocycles. The van der Waals surface area contributed by atoms with E-state index in [1.807, 2.05) is 20.8 Å². The van der Waals surface area contributed by atoms with Gasteiger partial charge >= 0.3 is 5.97 Å². The van der Waals surface area contributed by atoms with E-state index in [1.165, 1.54) is 6.08 Å². The van der Waals surface area contributed by atoms with Crippen LogP contribution in [0.4, 0.5) is 0 Å². The molecule has 1 aromatic rings. The third kappa shape index (κ3) is 7.01. The van der Waals surface area contributed by atoms with E-state index >= 15 is 0 Å². The van der Waals surface area contributed by atoms with Crippen molar-refractivity contribution in [1.29, 1.82) is 0 Å². The number of benzene rings is 1. The van der Waals surface area contributed by atoms with Gasteiger partial charge in [0.05, 0.1) is 13.7 Å². The summed E-state index contributed by atoms with van der Waals surface area (Å²) in [6.07, 6.45) is 2.87. The van der Waals surface area contributed by atoms with E-state index in [-0.39, 0.29) is 12.5 Å². The van der Waals surface area contributed by atoms with Gasteiger partial charge in [-0.1, -0.05) is 18.2 Å². The number of esters is 1. The van der Waals surface area contributed by atoms with Gasteiger partial charge < -0.3 is 19.1 Å². The van der Waals surface area contributed by atoms with Crippen molar-refractivity contribution in [2.24, 2.45) is 0 Å². The first-order valence-electron chi connectivity index (χ1n) is 8.49. The van der Waals surface area contributed by atoms with Gasteiger partial charge in [0.1, 0.15) is 0 Å². The number of methoxy groups -OCH3 is 1. The summed E-state index contributed by atoms with van der Waals surface area (Å²) in [5.74, 6) is 0.381. The molecule has 142 valence electrons. The SMILES string of the molecule is C=C(C)CN(CC)C(=O)COC(=O)/C=C/c1ccc(OCC)c(OC)c1. The number of carbonyl (C=O) groups is 2. The normalized spacial score (nSPS) is 10.5. The highest BCUT2D eigenvalue weighted by molar-refractivity contribution is 5.89. The molecule has 1 rings (SSSR count). The van der Waals surface area contributed by atoms with Crippen molar-refractivity contribution in [3.05, 3.63) is 42.0 Å². The van der Waals surface area contributed by atoms with Crippen molar-refractivity contribution in [2.75, 3.05) is 33.4 Å². The molecule has 0 saturated carbocycles. The molecule has 0 N–H and O–H groups in total. The van der Waals surface area contributed by atoms with E-state index in [0.717, 1.165) is 11.1 Å². The minimum Gasteiger partial charge on any atom is -0.493 e. The predicted octanol–water partition coefficient (Wildman–Crippen LogP) is 3.07. The zero-order valence-electron chi connectivity index (χ0n) is 15.9. The van der Waals surface area contributed by atoms with E-state index in [2.05, 4.69) is 6.58 Å². The second-order valence-electron chi connectivity index (χ2n) is 5.65. The quantitative estimate of drug-likeness (QED) is 0.364. The summed E-state index contributed by atoms with van der Waals surface area (Å²) in [6, 6.07) is 5.33. The lowest BCUT2D eigenvalue weighted by Gasteiger charge is -2.20. The maximum atomic E-state index is 12.0. The van der Waals surface area contributed by atoms with Crippen LogP contribution in [0.25, 0.3) is 6.08 Å². The molecule has 1 amide bonds. The molecule has 6 nitrogen and oxygen atoms in total. The summed E-state index contributed by atoms with van der Waals surface area (Å²) in [4.78, 5) is 25.4. The highest BCUT2D eigenvalue weighted by Gasteiger charge is 2.13. The van der Waals surface area contributed by atoms with Gasteiger partial charge in [-0.15, -0.1) is 0 Å². The molecule has 0 atom stereocenters. The highest BCUT2D eigenvalue weighted by Crippen LogP contribution is 2.28. The van der Waals surface area contributed by atoms with Gasteiger partial charge in [0.15, 0.2) is 18.1 Å². The lowest BCUT2D eigenvalue weighted by molar-refractivity contribution is -0.147. The molecule has 0 fully saturated rings. The summed E-state index contributed by atoms with van der Waals surface area (Å²) >= 11 is 0. The zero-order valence-corrected chi connectivity index (χ0v) is 15.9. The van der Waals surface area contributed by atoms with E-state index in [9.17, 15) is 9.59 Å². The predicted molar refractivity (Wildman–Crippen MR) is 101 cm³/mol. The topological polar surface area (TPSA) is 65.1 Å². The summed E-state index contributed by atoms with van der Waals surface area (Å²) in [6.45, 7) is 10.6. The van der Waals surface area contributed by atoms with Crippen molar-refractivity contribution in [3.8, 4) is 11.5 Å². The number of hydrogen-bond acceptors (Lipinski definition) is 5. The van der Waals surface area contributed by atoms with Gasteiger partial charge in [-0.3, -0.25) is 4.79 Å². The average molecular weight is 361 g/mol. The molecule has 26 heavy (non-hydrogen) atoms. The number of rotatable bonds is 10. The lowest BCUT2D eigenvalue weighted by Crippen LogP contribution is -2.35. The fourth-order valence-corrected chi connectivity index (χ4v) is 2.20. The van der Waals surface area contributed by atoms with Crippen LogP contribution in [0.5, 0.6) is 11.5 Å². The number of likely N-dealkylation sites (N-methyl/N-ethyl adjacent to an activating group) is 1. The minimum atomic E-state index is -0.586. The molecule has 0 aliphatic carbocycles. The van der Waals surface area contributed by atoms with Crippen LogP contribution in [0.3, 0.4) is 0 Å². The Bertz CT molecular complexity index is 666. The van der Waals surface area contributed by atoms with Crippen LogP contribution in [0.1, 0.15) is 26.3 Å².